The molecule has 0 bridgehead atoms. The van der Waals surface area contributed by atoms with E-state index in [0.29, 0.717) is 17.7 Å². The molecule has 0 aliphatic heterocycles. The highest BCUT2D eigenvalue weighted by atomic mass is 16.3. The summed E-state index contributed by atoms with van der Waals surface area (Å²) < 4.78 is 5.41. The highest BCUT2D eigenvalue weighted by Crippen LogP contribution is 2.19. The number of carbonyl (C=O) groups excluding carboxylic acids is 1. The van der Waals surface area contributed by atoms with Gasteiger partial charge in [0.25, 0.3) is 0 Å². The van der Waals surface area contributed by atoms with Crippen molar-refractivity contribution in [1.82, 2.24) is 0 Å². The number of rotatable bonds is 3. The van der Waals surface area contributed by atoms with E-state index in [1.807, 2.05) is 52.0 Å². The van der Waals surface area contributed by atoms with E-state index in [0.717, 1.165) is 11.3 Å². The van der Waals surface area contributed by atoms with E-state index < -0.39 is 0 Å². The molecule has 0 aliphatic rings. The summed E-state index contributed by atoms with van der Waals surface area (Å²) in [5.41, 5.74) is 4.17. The highest BCUT2D eigenvalue weighted by Gasteiger charge is 2.15. The first-order valence-corrected chi connectivity index (χ1v) is 6.14. The number of hydrogen-bond donors (Lipinski definition) is 0. The number of furan rings is 1. The first kappa shape index (κ1) is 12.6. The van der Waals surface area contributed by atoms with Crippen LogP contribution in [0.2, 0.25) is 0 Å². The lowest BCUT2D eigenvalue weighted by Crippen LogP contribution is -2.06. The fourth-order valence-electron chi connectivity index (χ4n) is 2.29. The maximum Gasteiger partial charge on any atom is 0.170 e. The second-order valence-corrected chi connectivity index (χ2v) is 4.80. The molecule has 0 saturated heterocycles. The zero-order valence-corrected chi connectivity index (χ0v) is 11.3. The van der Waals surface area contributed by atoms with Gasteiger partial charge in [-0.2, -0.15) is 0 Å². The molecule has 0 unspecified atom stereocenters. The summed E-state index contributed by atoms with van der Waals surface area (Å²) in [5.74, 6) is 1.63. The Labute approximate surface area is 108 Å². The van der Waals surface area contributed by atoms with Crippen LogP contribution in [0.5, 0.6) is 0 Å². The molecule has 18 heavy (non-hydrogen) atoms. The summed E-state index contributed by atoms with van der Waals surface area (Å²) in [6.45, 7) is 7.79. The van der Waals surface area contributed by atoms with E-state index in [9.17, 15) is 4.79 Å². The van der Waals surface area contributed by atoms with Crippen LogP contribution in [-0.4, -0.2) is 5.78 Å². The molecule has 1 heterocycles. The van der Waals surface area contributed by atoms with Gasteiger partial charge in [0.2, 0.25) is 0 Å². The van der Waals surface area contributed by atoms with Crippen LogP contribution < -0.4 is 0 Å². The molecular formula is C16H18O2. The molecule has 1 aromatic carbocycles. The molecule has 2 heteroatoms. The van der Waals surface area contributed by atoms with Gasteiger partial charge in [0.1, 0.15) is 11.5 Å². The summed E-state index contributed by atoms with van der Waals surface area (Å²) in [6, 6.07) is 7.93. The van der Waals surface area contributed by atoms with Crippen LogP contribution in [-0.2, 0) is 6.42 Å². The molecular weight excluding hydrogens is 224 g/mol. The fourth-order valence-corrected chi connectivity index (χ4v) is 2.29. The van der Waals surface area contributed by atoms with E-state index in [4.69, 9.17) is 4.42 Å². The van der Waals surface area contributed by atoms with Crippen molar-refractivity contribution in [1.29, 1.82) is 0 Å². The van der Waals surface area contributed by atoms with Gasteiger partial charge in [-0.1, -0.05) is 18.2 Å². The summed E-state index contributed by atoms with van der Waals surface area (Å²) in [7, 11) is 0. The molecule has 1 aromatic heterocycles. The van der Waals surface area contributed by atoms with Crippen LogP contribution in [0.1, 0.15) is 38.6 Å². The van der Waals surface area contributed by atoms with Crippen LogP contribution in [0.3, 0.4) is 0 Å². The minimum Gasteiger partial charge on any atom is -0.466 e. The fraction of sp³-hybridized carbons (Fsp3) is 0.312. The normalized spacial score (nSPS) is 10.7. The first-order chi connectivity index (χ1) is 8.49. The largest absolute Gasteiger partial charge is 0.466 e. The van der Waals surface area contributed by atoms with Crippen molar-refractivity contribution in [3.8, 4) is 0 Å². The zero-order valence-electron chi connectivity index (χ0n) is 11.3. The summed E-state index contributed by atoms with van der Waals surface area (Å²) >= 11 is 0. The lowest BCUT2D eigenvalue weighted by molar-refractivity contribution is 0.0991. The molecule has 0 spiro atoms. The number of aryl methyl sites for hydroxylation is 4. The number of Topliss-reactive ketones (excluding diaryl/α,β-unsaturated/α-hetero) is 1. The van der Waals surface area contributed by atoms with Gasteiger partial charge in [-0.05, 0) is 50.5 Å². The van der Waals surface area contributed by atoms with Crippen molar-refractivity contribution in [2.45, 2.75) is 34.1 Å². The lowest BCUT2D eigenvalue weighted by Gasteiger charge is -2.08. The average Bonchev–Trinajstić information content (AvgIpc) is 2.63. The molecule has 0 radical (unpaired) electrons. The quantitative estimate of drug-likeness (QED) is 0.763. The number of carbonyl (C=O) groups is 1. The molecule has 2 aromatic rings. The van der Waals surface area contributed by atoms with Gasteiger partial charge < -0.3 is 4.42 Å². The van der Waals surface area contributed by atoms with E-state index in [2.05, 4.69) is 0 Å². The SMILES string of the molecule is Cc1cc(C(=O)Cc2c(C)cccc2C)c(C)o1. The minimum atomic E-state index is 0.127. The van der Waals surface area contributed by atoms with Gasteiger partial charge in [0.15, 0.2) is 5.78 Å². The van der Waals surface area contributed by atoms with Crippen LogP contribution in [0.25, 0.3) is 0 Å². The maximum atomic E-state index is 12.3. The van der Waals surface area contributed by atoms with E-state index in [-0.39, 0.29) is 5.78 Å². The van der Waals surface area contributed by atoms with Crippen LogP contribution in [0.15, 0.2) is 28.7 Å². The third-order valence-corrected chi connectivity index (χ3v) is 3.32. The number of benzene rings is 1. The van der Waals surface area contributed by atoms with E-state index in [1.165, 1.54) is 11.1 Å². The van der Waals surface area contributed by atoms with Crippen molar-refractivity contribution < 1.29 is 9.21 Å². The number of ketones is 1. The molecule has 0 aliphatic carbocycles. The Morgan fingerprint density at radius 3 is 2.22 bits per heavy atom. The summed E-state index contributed by atoms with van der Waals surface area (Å²) in [5, 5.41) is 0. The second-order valence-electron chi connectivity index (χ2n) is 4.80. The van der Waals surface area contributed by atoms with Gasteiger partial charge in [0.05, 0.1) is 5.56 Å². The summed E-state index contributed by atoms with van der Waals surface area (Å²) in [6.07, 6.45) is 0.443. The molecule has 0 N–H and O–H groups in total. The van der Waals surface area contributed by atoms with Crippen molar-refractivity contribution in [2.75, 3.05) is 0 Å². The Balaban J connectivity index is 2.30. The Bertz CT molecular complexity index is 571. The molecule has 0 saturated carbocycles. The molecule has 0 amide bonds. The third-order valence-electron chi connectivity index (χ3n) is 3.32. The van der Waals surface area contributed by atoms with Crippen molar-refractivity contribution in [2.24, 2.45) is 0 Å². The lowest BCUT2D eigenvalue weighted by atomic mass is 9.96. The van der Waals surface area contributed by atoms with Crippen LogP contribution in [0, 0.1) is 27.7 Å². The van der Waals surface area contributed by atoms with Crippen LogP contribution >= 0.6 is 0 Å². The highest BCUT2D eigenvalue weighted by molar-refractivity contribution is 5.98. The topological polar surface area (TPSA) is 30.2 Å². The second kappa shape index (κ2) is 4.81. The molecule has 0 atom stereocenters. The van der Waals surface area contributed by atoms with E-state index >= 15 is 0 Å². The Morgan fingerprint density at radius 1 is 1.11 bits per heavy atom. The predicted molar refractivity (Wildman–Crippen MR) is 72.1 cm³/mol. The molecule has 94 valence electrons. The average molecular weight is 242 g/mol. The monoisotopic (exact) mass is 242 g/mol. The summed E-state index contributed by atoms with van der Waals surface area (Å²) in [4.78, 5) is 12.3. The third kappa shape index (κ3) is 2.37. The van der Waals surface area contributed by atoms with Gasteiger partial charge in [-0.15, -0.1) is 0 Å². The molecule has 2 nitrogen and oxygen atoms in total. The zero-order chi connectivity index (χ0) is 13.3. The Kier molecular flexibility index (Phi) is 3.37. The van der Waals surface area contributed by atoms with Crippen molar-refractivity contribution >= 4 is 5.78 Å². The standard InChI is InChI=1S/C16H18O2/c1-10-6-5-7-11(2)14(10)9-16(17)15-8-12(3)18-13(15)4/h5-8H,9H2,1-4H3. The van der Waals surface area contributed by atoms with Crippen molar-refractivity contribution in [3.63, 3.8) is 0 Å². The van der Waals surface area contributed by atoms with Crippen LogP contribution in [0.4, 0.5) is 0 Å². The van der Waals surface area contributed by atoms with Gasteiger partial charge in [-0.3, -0.25) is 4.79 Å². The number of hydrogen-bond acceptors (Lipinski definition) is 2. The van der Waals surface area contributed by atoms with Crippen molar-refractivity contribution in [3.05, 3.63) is 58.0 Å². The molecule has 0 fully saturated rings. The first-order valence-electron chi connectivity index (χ1n) is 6.14. The van der Waals surface area contributed by atoms with Gasteiger partial charge >= 0.3 is 0 Å². The Morgan fingerprint density at radius 2 is 1.72 bits per heavy atom. The molecule has 2 rings (SSSR count). The van der Waals surface area contributed by atoms with Gasteiger partial charge in [0, 0.05) is 6.42 Å². The van der Waals surface area contributed by atoms with Gasteiger partial charge in [-0.25, -0.2) is 0 Å². The Hall–Kier alpha value is -1.83. The smallest absolute Gasteiger partial charge is 0.170 e. The predicted octanol–water partition coefficient (Wildman–Crippen LogP) is 3.94. The minimum absolute atomic E-state index is 0.127. The maximum absolute atomic E-state index is 12.3. The van der Waals surface area contributed by atoms with E-state index in [1.54, 1.807) is 0 Å².